The van der Waals surface area contributed by atoms with E-state index < -0.39 is 0 Å². The number of nitrogens with zero attached hydrogens (tertiary/aromatic N) is 2. The summed E-state index contributed by atoms with van der Waals surface area (Å²) in [5, 5.41) is 8.94. The summed E-state index contributed by atoms with van der Waals surface area (Å²) in [6, 6.07) is 0.727. The van der Waals surface area contributed by atoms with Crippen molar-refractivity contribution >= 4 is 0 Å². The number of hydrogen-bond donors (Lipinski definition) is 2. The molecule has 17 heavy (non-hydrogen) atoms. The number of rotatable bonds is 4. The molecule has 1 aliphatic carbocycles. The Morgan fingerprint density at radius 3 is 2.41 bits per heavy atom. The van der Waals surface area contributed by atoms with E-state index in [0.717, 1.165) is 45.3 Å². The van der Waals surface area contributed by atoms with Gasteiger partial charge in [0.25, 0.3) is 0 Å². The molecule has 3 N–H and O–H groups in total. The molecular weight excluding hydrogens is 214 g/mol. The normalized spacial score (nSPS) is 32.8. The molecule has 1 saturated heterocycles. The van der Waals surface area contributed by atoms with Crippen LogP contribution >= 0.6 is 0 Å². The number of nitrogens with two attached hydrogens (primary N) is 1. The highest BCUT2D eigenvalue weighted by Crippen LogP contribution is 2.28. The van der Waals surface area contributed by atoms with Gasteiger partial charge in [0.1, 0.15) is 0 Å². The third-order valence-electron chi connectivity index (χ3n) is 4.46. The summed E-state index contributed by atoms with van der Waals surface area (Å²) in [7, 11) is 0. The van der Waals surface area contributed by atoms with E-state index >= 15 is 0 Å². The maximum absolute atomic E-state index is 8.94. The zero-order valence-corrected chi connectivity index (χ0v) is 10.9. The summed E-state index contributed by atoms with van der Waals surface area (Å²) in [6.07, 6.45) is 5.39. The first kappa shape index (κ1) is 13.3. The monoisotopic (exact) mass is 241 g/mol. The Kier molecular flexibility index (Phi) is 5.22. The van der Waals surface area contributed by atoms with Gasteiger partial charge in [-0.1, -0.05) is 12.8 Å². The van der Waals surface area contributed by atoms with E-state index in [2.05, 4.69) is 9.80 Å². The second-order valence-electron chi connectivity index (χ2n) is 5.45. The van der Waals surface area contributed by atoms with Crippen LogP contribution in [0.5, 0.6) is 0 Å². The quantitative estimate of drug-likeness (QED) is 0.734. The summed E-state index contributed by atoms with van der Waals surface area (Å²) in [4.78, 5) is 5.00. The van der Waals surface area contributed by atoms with Gasteiger partial charge in [-0.05, 0) is 25.3 Å². The fraction of sp³-hybridized carbons (Fsp3) is 1.00. The van der Waals surface area contributed by atoms with Gasteiger partial charge in [-0.3, -0.25) is 9.80 Å². The number of aliphatic hydroxyl groups is 1. The first-order chi connectivity index (χ1) is 8.35. The van der Waals surface area contributed by atoms with Gasteiger partial charge in [0.15, 0.2) is 0 Å². The fourth-order valence-electron chi connectivity index (χ4n) is 3.40. The van der Waals surface area contributed by atoms with Gasteiger partial charge in [-0.15, -0.1) is 0 Å². The molecule has 1 heterocycles. The average molecular weight is 241 g/mol. The van der Waals surface area contributed by atoms with Crippen LogP contribution in [0.25, 0.3) is 0 Å². The van der Waals surface area contributed by atoms with Gasteiger partial charge in [0, 0.05) is 38.8 Å². The van der Waals surface area contributed by atoms with Crippen molar-refractivity contribution in [2.75, 3.05) is 45.9 Å². The molecule has 100 valence electrons. The molecule has 2 atom stereocenters. The van der Waals surface area contributed by atoms with Crippen molar-refractivity contribution < 1.29 is 5.11 Å². The summed E-state index contributed by atoms with van der Waals surface area (Å²) in [5.74, 6) is 0.716. The Bertz CT molecular complexity index is 217. The van der Waals surface area contributed by atoms with E-state index in [0.29, 0.717) is 5.92 Å². The molecule has 0 aromatic rings. The van der Waals surface area contributed by atoms with Crippen LogP contribution in [0.3, 0.4) is 0 Å². The molecule has 2 rings (SSSR count). The molecule has 4 nitrogen and oxygen atoms in total. The van der Waals surface area contributed by atoms with Crippen LogP contribution in [-0.2, 0) is 0 Å². The first-order valence-electron chi connectivity index (χ1n) is 7.12. The average Bonchev–Trinajstić information content (AvgIpc) is 2.40. The molecule has 0 radical (unpaired) electrons. The molecule has 4 heteroatoms. The second kappa shape index (κ2) is 6.69. The van der Waals surface area contributed by atoms with Crippen molar-refractivity contribution in [3.63, 3.8) is 0 Å². The Morgan fingerprint density at radius 2 is 1.76 bits per heavy atom. The van der Waals surface area contributed by atoms with Crippen LogP contribution in [0.2, 0.25) is 0 Å². The highest BCUT2D eigenvalue weighted by atomic mass is 16.3. The van der Waals surface area contributed by atoms with E-state index in [1.807, 2.05) is 0 Å². The zero-order valence-electron chi connectivity index (χ0n) is 10.9. The highest BCUT2D eigenvalue weighted by Gasteiger charge is 2.30. The molecular formula is C13H27N3O. The maximum Gasteiger partial charge on any atom is 0.0558 e. The summed E-state index contributed by atoms with van der Waals surface area (Å²) >= 11 is 0. The van der Waals surface area contributed by atoms with E-state index in [-0.39, 0.29) is 6.61 Å². The standard InChI is InChI=1S/C13H27N3O/c14-11-12-3-1-2-4-13(12)16-7-5-15(6-8-16)9-10-17/h12-13,17H,1-11,14H2. The number of piperazine rings is 1. The van der Waals surface area contributed by atoms with Gasteiger partial charge < -0.3 is 10.8 Å². The minimum Gasteiger partial charge on any atom is -0.395 e. The lowest BCUT2D eigenvalue weighted by molar-refractivity contribution is 0.0460. The predicted molar refractivity (Wildman–Crippen MR) is 69.9 cm³/mol. The molecule has 0 spiro atoms. The smallest absolute Gasteiger partial charge is 0.0558 e. The minimum atomic E-state index is 0.287. The molecule has 0 amide bonds. The summed E-state index contributed by atoms with van der Waals surface area (Å²) < 4.78 is 0. The Hall–Kier alpha value is -0.160. The zero-order chi connectivity index (χ0) is 12.1. The highest BCUT2D eigenvalue weighted by molar-refractivity contribution is 4.86. The van der Waals surface area contributed by atoms with Gasteiger partial charge in [0.05, 0.1) is 6.61 Å². The van der Waals surface area contributed by atoms with E-state index in [1.54, 1.807) is 0 Å². The van der Waals surface area contributed by atoms with Crippen LogP contribution in [0.1, 0.15) is 25.7 Å². The van der Waals surface area contributed by atoms with Crippen molar-refractivity contribution in [2.45, 2.75) is 31.7 Å². The molecule has 1 aliphatic heterocycles. The molecule has 2 fully saturated rings. The molecule has 2 aliphatic rings. The van der Waals surface area contributed by atoms with Crippen molar-refractivity contribution in [3.8, 4) is 0 Å². The topological polar surface area (TPSA) is 52.7 Å². The van der Waals surface area contributed by atoms with Crippen LogP contribution < -0.4 is 5.73 Å². The largest absolute Gasteiger partial charge is 0.395 e. The van der Waals surface area contributed by atoms with E-state index in [1.165, 1.54) is 25.7 Å². The third-order valence-corrected chi connectivity index (χ3v) is 4.46. The van der Waals surface area contributed by atoms with Crippen molar-refractivity contribution in [3.05, 3.63) is 0 Å². The van der Waals surface area contributed by atoms with Gasteiger partial charge in [-0.25, -0.2) is 0 Å². The van der Waals surface area contributed by atoms with Crippen LogP contribution in [0.15, 0.2) is 0 Å². The Labute approximate surface area is 105 Å². The molecule has 0 aromatic carbocycles. The lowest BCUT2D eigenvalue weighted by Gasteiger charge is -2.44. The molecule has 1 saturated carbocycles. The third kappa shape index (κ3) is 3.41. The Balaban J connectivity index is 1.82. The van der Waals surface area contributed by atoms with Gasteiger partial charge >= 0.3 is 0 Å². The van der Waals surface area contributed by atoms with E-state index in [4.69, 9.17) is 10.8 Å². The fourth-order valence-corrected chi connectivity index (χ4v) is 3.40. The van der Waals surface area contributed by atoms with Gasteiger partial charge in [0.2, 0.25) is 0 Å². The predicted octanol–water partition coefficient (Wildman–Crippen LogP) is 0.114. The van der Waals surface area contributed by atoms with Crippen LogP contribution in [0, 0.1) is 5.92 Å². The maximum atomic E-state index is 8.94. The molecule has 0 bridgehead atoms. The molecule has 0 aromatic heterocycles. The lowest BCUT2D eigenvalue weighted by Crippen LogP contribution is -2.54. The van der Waals surface area contributed by atoms with Crippen molar-refractivity contribution in [2.24, 2.45) is 11.7 Å². The SMILES string of the molecule is NCC1CCCCC1N1CCN(CCO)CC1. The number of aliphatic hydroxyl groups excluding tert-OH is 1. The van der Waals surface area contributed by atoms with Gasteiger partial charge in [-0.2, -0.15) is 0 Å². The first-order valence-corrected chi connectivity index (χ1v) is 7.12. The number of hydrogen-bond acceptors (Lipinski definition) is 4. The van der Waals surface area contributed by atoms with E-state index in [9.17, 15) is 0 Å². The molecule has 2 unspecified atom stereocenters. The summed E-state index contributed by atoms with van der Waals surface area (Å²) in [5.41, 5.74) is 5.91. The van der Waals surface area contributed by atoms with Crippen molar-refractivity contribution in [1.82, 2.24) is 9.80 Å². The summed E-state index contributed by atoms with van der Waals surface area (Å²) in [6.45, 7) is 6.49. The Morgan fingerprint density at radius 1 is 1.06 bits per heavy atom. The second-order valence-corrected chi connectivity index (χ2v) is 5.45. The van der Waals surface area contributed by atoms with Crippen LogP contribution in [-0.4, -0.2) is 66.8 Å². The van der Waals surface area contributed by atoms with Crippen molar-refractivity contribution in [1.29, 1.82) is 0 Å². The minimum absolute atomic E-state index is 0.287. The van der Waals surface area contributed by atoms with Crippen LogP contribution in [0.4, 0.5) is 0 Å². The lowest BCUT2D eigenvalue weighted by atomic mass is 9.83. The number of β-amino-alcohol motifs (C(OH)–C–C–N with tert-alkyl or cyclic N) is 1.